The maximum Gasteiger partial charge on any atom is 0.279 e. The second kappa shape index (κ2) is 5.29. The van der Waals surface area contributed by atoms with Crippen molar-refractivity contribution in [2.24, 2.45) is 0 Å². The highest BCUT2D eigenvalue weighted by Gasteiger charge is 2.17. The van der Waals surface area contributed by atoms with Crippen molar-refractivity contribution in [2.75, 3.05) is 19.3 Å². The topological polar surface area (TPSA) is 75.4 Å². The summed E-state index contributed by atoms with van der Waals surface area (Å²) >= 11 is 0. The molecule has 1 aromatic rings. The van der Waals surface area contributed by atoms with Crippen LogP contribution >= 0.6 is 0 Å². The van der Waals surface area contributed by atoms with Gasteiger partial charge < -0.3 is 5.73 Å². The molecule has 5 nitrogen and oxygen atoms in total. The van der Waals surface area contributed by atoms with Gasteiger partial charge >= 0.3 is 0 Å². The lowest BCUT2D eigenvalue weighted by Gasteiger charge is -2.19. The summed E-state index contributed by atoms with van der Waals surface area (Å²) in [7, 11) is -1.98. The molecule has 0 saturated heterocycles. The molecule has 0 radical (unpaired) electrons. The Labute approximate surface area is 96.4 Å². The zero-order valence-corrected chi connectivity index (χ0v) is 10.3. The first-order valence-electron chi connectivity index (χ1n) is 5.02. The van der Waals surface area contributed by atoms with E-state index in [0.29, 0.717) is 18.8 Å². The fraction of sp³-hybridized carbons (Fsp3) is 0.400. The van der Waals surface area contributed by atoms with Crippen molar-refractivity contribution in [3.05, 3.63) is 29.8 Å². The Balaban J connectivity index is 2.87. The zero-order valence-electron chi connectivity index (χ0n) is 9.47. The number of hydrogen-bond donors (Lipinski definition) is 2. The monoisotopic (exact) mass is 243 g/mol. The molecule has 0 amide bonds. The minimum absolute atomic E-state index is 0.324. The van der Waals surface area contributed by atoms with Gasteiger partial charge in [0.05, 0.1) is 0 Å². The third-order valence-electron chi connectivity index (χ3n) is 2.26. The Morgan fingerprint density at radius 1 is 1.44 bits per heavy atom. The summed E-state index contributed by atoms with van der Waals surface area (Å²) in [5.74, 6) is 0. The van der Waals surface area contributed by atoms with Crippen molar-refractivity contribution < 1.29 is 8.42 Å². The third kappa shape index (κ3) is 3.19. The molecule has 0 heterocycles. The first-order chi connectivity index (χ1) is 7.49. The highest BCUT2D eigenvalue weighted by atomic mass is 32.2. The van der Waals surface area contributed by atoms with Crippen LogP contribution in [0.4, 0.5) is 5.69 Å². The van der Waals surface area contributed by atoms with Crippen molar-refractivity contribution in [3.63, 3.8) is 0 Å². The Kier molecular flexibility index (Phi) is 4.28. The van der Waals surface area contributed by atoms with Crippen LogP contribution in [0.2, 0.25) is 0 Å². The van der Waals surface area contributed by atoms with Gasteiger partial charge in [-0.2, -0.15) is 12.7 Å². The highest BCUT2D eigenvalue weighted by Crippen LogP contribution is 2.11. The van der Waals surface area contributed by atoms with Crippen molar-refractivity contribution in [3.8, 4) is 0 Å². The average molecular weight is 243 g/mol. The number of benzene rings is 1. The van der Waals surface area contributed by atoms with Crippen molar-refractivity contribution in [1.82, 2.24) is 9.03 Å². The number of nitrogens with two attached hydrogens (primary N) is 1. The fourth-order valence-corrected chi connectivity index (χ4v) is 2.31. The number of nitrogen functional groups attached to an aromatic ring is 1. The molecule has 6 heteroatoms. The molecule has 0 fully saturated rings. The summed E-state index contributed by atoms with van der Waals surface area (Å²) in [4.78, 5) is 0. The molecular formula is C10H17N3O2S. The van der Waals surface area contributed by atoms with Gasteiger partial charge in [0, 0.05) is 25.8 Å². The highest BCUT2D eigenvalue weighted by molar-refractivity contribution is 7.87. The summed E-state index contributed by atoms with van der Waals surface area (Å²) in [5.41, 5.74) is 7.14. The predicted octanol–water partition coefficient (Wildman–Crippen LogP) is 0.555. The molecule has 0 aliphatic heterocycles. The molecule has 0 saturated carbocycles. The van der Waals surface area contributed by atoms with E-state index in [9.17, 15) is 8.42 Å². The van der Waals surface area contributed by atoms with Gasteiger partial charge in [0.1, 0.15) is 0 Å². The molecule has 1 rings (SSSR count). The van der Waals surface area contributed by atoms with E-state index in [2.05, 4.69) is 4.72 Å². The van der Waals surface area contributed by atoms with Gasteiger partial charge in [-0.25, -0.2) is 4.72 Å². The number of anilines is 1. The van der Waals surface area contributed by atoms with Gasteiger partial charge in [0.25, 0.3) is 10.2 Å². The summed E-state index contributed by atoms with van der Waals surface area (Å²) in [5, 5.41) is 0. The lowest BCUT2D eigenvalue weighted by atomic mass is 10.2. The van der Waals surface area contributed by atoms with Gasteiger partial charge in [0.2, 0.25) is 0 Å². The Hall–Kier alpha value is -1.11. The van der Waals surface area contributed by atoms with Gasteiger partial charge in [-0.05, 0) is 17.7 Å². The van der Waals surface area contributed by atoms with Gasteiger partial charge in [0.15, 0.2) is 0 Å². The minimum atomic E-state index is -3.38. The quantitative estimate of drug-likeness (QED) is 0.742. The van der Waals surface area contributed by atoms with Crippen LogP contribution in [0.25, 0.3) is 0 Å². The fourth-order valence-electron chi connectivity index (χ4n) is 1.39. The van der Waals surface area contributed by atoms with Crippen molar-refractivity contribution >= 4 is 15.9 Å². The molecule has 3 N–H and O–H groups in total. The summed E-state index contributed by atoms with van der Waals surface area (Å²) in [6.45, 7) is 2.53. The Morgan fingerprint density at radius 3 is 2.62 bits per heavy atom. The second-order valence-electron chi connectivity index (χ2n) is 3.38. The van der Waals surface area contributed by atoms with E-state index in [0.717, 1.165) is 5.56 Å². The first kappa shape index (κ1) is 13.0. The molecule has 0 aromatic heterocycles. The zero-order chi connectivity index (χ0) is 12.2. The number of hydrogen-bond acceptors (Lipinski definition) is 3. The maximum absolute atomic E-state index is 11.6. The molecular weight excluding hydrogens is 226 g/mol. The van der Waals surface area contributed by atoms with Crippen LogP contribution in [0.1, 0.15) is 12.5 Å². The largest absolute Gasteiger partial charge is 0.399 e. The van der Waals surface area contributed by atoms with E-state index in [1.165, 1.54) is 11.4 Å². The Morgan fingerprint density at radius 2 is 2.12 bits per heavy atom. The average Bonchev–Trinajstić information content (AvgIpc) is 2.25. The van der Waals surface area contributed by atoms with E-state index in [-0.39, 0.29) is 0 Å². The molecule has 1 aromatic carbocycles. The molecule has 0 aliphatic rings. The predicted molar refractivity (Wildman–Crippen MR) is 64.9 cm³/mol. The summed E-state index contributed by atoms with van der Waals surface area (Å²) in [6.07, 6.45) is 0. The van der Waals surface area contributed by atoms with Crippen molar-refractivity contribution in [1.29, 1.82) is 0 Å². The number of nitrogens with one attached hydrogen (secondary N) is 1. The number of nitrogens with zero attached hydrogens (tertiary/aromatic N) is 1. The molecule has 0 atom stereocenters. The van der Waals surface area contributed by atoms with E-state index in [4.69, 9.17) is 5.73 Å². The lowest BCUT2D eigenvalue weighted by molar-refractivity contribution is 0.417. The summed E-state index contributed by atoms with van der Waals surface area (Å²) < 4.78 is 26.8. The van der Waals surface area contributed by atoms with E-state index >= 15 is 0 Å². The van der Waals surface area contributed by atoms with Gasteiger partial charge in [-0.1, -0.05) is 19.1 Å². The minimum Gasteiger partial charge on any atom is -0.399 e. The van der Waals surface area contributed by atoms with Gasteiger partial charge in [-0.3, -0.25) is 0 Å². The molecule has 16 heavy (non-hydrogen) atoms. The maximum atomic E-state index is 11.6. The van der Waals surface area contributed by atoms with Gasteiger partial charge in [-0.15, -0.1) is 0 Å². The molecule has 0 unspecified atom stereocenters. The smallest absolute Gasteiger partial charge is 0.279 e. The van der Waals surface area contributed by atoms with Crippen LogP contribution in [0, 0.1) is 0 Å². The van der Waals surface area contributed by atoms with Crippen LogP contribution in [0.3, 0.4) is 0 Å². The first-order valence-corrected chi connectivity index (χ1v) is 6.46. The number of rotatable bonds is 5. The van der Waals surface area contributed by atoms with Crippen molar-refractivity contribution in [2.45, 2.75) is 13.5 Å². The third-order valence-corrected chi connectivity index (χ3v) is 3.84. The molecule has 90 valence electrons. The Bertz CT molecular complexity index is 445. The standard InChI is InChI=1S/C10H17N3O2S/c1-3-13(16(14,15)12-2)8-9-5-4-6-10(11)7-9/h4-7,12H,3,8,11H2,1-2H3. The molecule has 0 aliphatic carbocycles. The van der Waals surface area contributed by atoms with E-state index in [1.807, 2.05) is 12.1 Å². The van der Waals surface area contributed by atoms with Crippen LogP contribution in [-0.2, 0) is 16.8 Å². The normalized spacial score (nSPS) is 11.9. The van der Waals surface area contributed by atoms with E-state index in [1.54, 1.807) is 19.1 Å². The second-order valence-corrected chi connectivity index (χ2v) is 5.26. The lowest BCUT2D eigenvalue weighted by Crippen LogP contribution is -2.38. The van der Waals surface area contributed by atoms with Crippen LogP contribution in [0.15, 0.2) is 24.3 Å². The molecule has 0 bridgehead atoms. The molecule has 0 spiro atoms. The van der Waals surface area contributed by atoms with E-state index < -0.39 is 10.2 Å². The van der Waals surface area contributed by atoms with Crippen LogP contribution in [-0.4, -0.2) is 26.3 Å². The van der Waals surface area contributed by atoms with Crippen LogP contribution in [0.5, 0.6) is 0 Å². The SMILES string of the molecule is CCN(Cc1cccc(N)c1)S(=O)(=O)NC. The summed E-state index contributed by atoms with van der Waals surface area (Å²) in [6, 6.07) is 7.20. The van der Waals surface area contributed by atoms with Crippen LogP contribution < -0.4 is 10.5 Å².